The van der Waals surface area contributed by atoms with Crippen LogP contribution < -0.4 is 5.32 Å². The Morgan fingerprint density at radius 1 is 1.20 bits per heavy atom. The van der Waals surface area contributed by atoms with Crippen LogP contribution in [0, 0.1) is 0 Å². The minimum atomic E-state index is -0.289. The fourth-order valence-electron chi connectivity index (χ4n) is 4.65. The maximum atomic E-state index is 13.2. The van der Waals surface area contributed by atoms with E-state index in [0.29, 0.717) is 26.2 Å². The van der Waals surface area contributed by atoms with Gasteiger partial charge in [-0.2, -0.15) is 0 Å². The van der Waals surface area contributed by atoms with Gasteiger partial charge in [-0.25, -0.2) is 0 Å². The van der Waals surface area contributed by atoms with Gasteiger partial charge in [0.25, 0.3) is 0 Å². The third-order valence-electron chi connectivity index (χ3n) is 6.15. The number of piperazine rings is 1. The predicted molar refractivity (Wildman–Crippen MR) is 117 cm³/mol. The molecule has 0 aliphatic carbocycles. The van der Waals surface area contributed by atoms with E-state index < -0.39 is 0 Å². The number of halogens is 1. The molecule has 0 aromatic heterocycles. The van der Waals surface area contributed by atoms with Crippen molar-refractivity contribution in [2.45, 2.75) is 38.3 Å². The quantitative estimate of drug-likeness (QED) is 0.790. The maximum absolute atomic E-state index is 13.2. The molecule has 3 aliphatic heterocycles. The van der Waals surface area contributed by atoms with E-state index in [0.717, 1.165) is 30.5 Å². The SMILES string of the molecule is CC(=O)N1C=Cc2ccccc2C1CC(=O)N1CCCC(N2CCNCC2=O)C1.Cl. The Balaban J connectivity index is 0.00000256. The Bertz CT molecular complexity index is 843. The van der Waals surface area contributed by atoms with Crippen LogP contribution in [0.2, 0.25) is 0 Å². The Morgan fingerprint density at radius 3 is 2.77 bits per heavy atom. The number of piperidine rings is 1. The van der Waals surface area contributed by atoms with E-state index >= 15 is 0 Å². The van der Waals surface area contributed by atoms with E-state index in [4.69, 9.17) is 0 Å². The number of nitrogens with one attached hydrogen (secondary N) is 1. The van der Waals surface area contributed by atoms with Gasteiger partial charge in [0, 0.05) is 45.3 Å². The number of fused-ring (bicyclic) bond motifs is 1. The third kappa shape index (κ3) is 4.52. The molecule has 1 N–H and O–H groups in total. The molecule has 0 saturated carbocycles. The maximum Gasteiger partial charge on any atom is 0.236 e. The van der Waals surface area contributed by atoms with Crippen LogP contribution in [-0.4, -0.2) is 71.2 Å². The first-order valence-corrected chi connectivity index (χ1v) is 10.4. The van der Waals surface area contributed by atoms with Crippen molar-refractivity contribution in [3.05, 3.63) is 41.6 Å². The molecule has 2 unspecified atom stereocenters. The molecule has 0 spiro atoms. The summed E-state index contributed by atoms with van der Waals surface area (Å²) in [6, 6.07) is 7.71. The molecule has 3 heterocycles. The first kappa shape index (κ1) is 22.3. The van der Waals surface area contributed by atoms with Crippen molar-refractivity contribution in [3.8, 4) is 0 Å². The summed E-state index contributed by atoms with van der Waals surface area (Å²) in [6.45, 7) is 4.69. The van der Waals surface area contributed by atoms with E-state index in [-0.39, 0.29) is 48.6 Å². The molecule has 30 heavy (non-hydrogen) atoms. The van der Waals surface area contributed by atoms with Gasteiger partial charge in [-0.05, 0) is 30.0 Å². The lowest BCUT2D eigenvalue weighted by Gasteiger charge is -2.42. The molecule has 2 saturated heterocycles. The van der Waals surface area contributed by atoms with Crippen LogP contribution in [0.25, 0.3) is 6.08 Å². The first-order valence-electron chi connectivity index (χ1n) is 10.4. The molecule has 8 heteroatoms. The van der Waals surface area contributed by atoms with E-state index in [9.17, 15) is 14.4 Å². The van der Waals surface area contributed by atoms with Gasteiger partial charge < -0.3 is 20.0 Å². The monoisotopic (exact) mass is 432 g/mol. The van der Waals surface area contributed by atoms with Crippen LogP contribution in [0.4, 0.5) is 0 Å². The van der Waals surface area contributed by atoms with Gasteiger partial charge in [-0.15, -0.1) is 12.4 Å². The van der Waals surface area contributed by atoms with Crippen LogP contribution in [0.15, 0.2) is 30.5 Å². The molecular weight excluding hydrogens is 404 g/mol. The average Bonchev–Trinajstić information content (AvgIpc) is 2.74. The molecule has 4 rings (SSSR count). The number of carbonyl (C=O) groups excluding carboxylic acids is 3. The fraction of sp³-hybridized carbons (Fsp3) is 0.500. The second kappa shape index (κ2) is 9.62. The fourth-order valence-corrected chi connectivity index (χ4v) is 4.65. The van der Waals surface area contributed by atoms with Crippen LogP contribution in [0.3, 0.4) is 0 Å². The van der Waals surface area contributed by atoms with Crippen molar-refractivity contribution in [1.29, 1.82) is 0 Å². The second-order valence-corrected chi connectivity index (χ2v) is 7.99. The van der Waals surface area contributed by atoms with Crippen LogP contribution >= 0.6 is 12.4 Å². The van der Waals surface area contributed by atoms with Crippen molar-refractivity contribution in [2.24, 2.45) is 0 Å². The Morgan fingerprint density at radius 2 is 2.00 bits per heavy atom. The molecule has 2 atom stereocenters. The summed E-state index contributed by atoms with van der Waals surface area (Å²) in [6.07, 6.45) is 5.78. The highest BCUT2D eigenvalue weighted by Crippen LogP contribution is 2.33. The molecule has 2 fully saturated rings. The number of benzene rings is 1. The Hall–Kier alpha value is -2.38. The first-order chi connectivity index (χ1) is 14.0. The zero-order valence-corrected chi connectivity index (χ0v) is 18.1. The predicted octanol–water partition coefficient (Wildman–Crippen LogP) is 1.80. The summed E-state index contributed by atoms with van der Waals surface area (Å²) < 4.78 is 0. The lowest BCUT2D eigenvalue weighted by molar-refractivity contribution is -0.141. The molecule has 0 radical (unpaired) electrons. The Kier molecular flexibility index (Phi) is 7.15. The van der Waals surface area contributed by atoms with Gasteiger partial charge >= 0.3 is 0 Å². The molecule has 0 bridgehead atoms. The molecule has 162 valence electrons. The summed E-state index contributed by atoms with van der Waals surface area (Å²) in [5.74, 6) is 0.0831. The number of rotatable bonds is 3. The molecule has 7 nitrogen and oxygen atoms in total. The topological polar surface area (TPSA) is 73.0 Å². The van der Waals surface area contributed by atoms with Gasteiger partial charge in [-0.3, -0.25) is 14.4 Å². The van der Waals surface area contributed by atoms with Gasteiger partial charge in [-0.1, -0.05) is 24.3 Å². The molecular formula is C22H29ClN4O3. The highest BCUT2D eigenvalue weighted by Gasteiger charge is 2.34. The van der Waals surface area contributed by atoms with Gasteiger partial charge in [0.1, 0.15) is 0 Å². The highest BCUT2D eigenvalue weighted by atomic mass is 35.5. The van der Waals surface area contributed by atoms with Crippen LogP contribution in [-0.2, 0) is 14.4 Å². The van der Waals surface area contributed by atoms with E-state index in [1.165, 1.54) is 6.92 Å². The summed E-state index contributed by atoms with van der Waals surface area (Å²) in [4.78, 5) is 43.1. The van der Waals surface area contributed by atoms with Crippen molar-refractivity contribution < 1.29 is 14.4 Å². The summed E-state index contributed by atoms with van der Waals surface area (Å²) >= 11 is 0. The van der Waals surface area contributed by atoms with Crippen LogP contribution in [0.1, 0.15) is 43.4 Å². The zero-order valence-electron chi connectivity index (χ0n) is 17.3. The lowest BCUT2D eigenvalue weighted by Crippen LogP contribution is -2.57. The van der Waals surface area contributed by atoms with E-state index in [1.54, 1.807) is 11.1 Å². The minimum Gasteiger partial charge on any atom is -0.341 e. The van der Waals surface area contributed by atoms with Gasteiger partial charge in [0.05, 0.1) is 19.0 Å². The average molecular weight is 433 g/mol. The van der Waals surface area contributed by atoms with Crippen molar-refractivity contribution in [2.75, 3.05) is 32.7 Å². The summed E-state index contributed by atoms with van der Waals surface area (Å²) in [5.41, 5.74) is 2.05. The van der Waals surface area contributed by atoms with Crippen molar-refractivity contribution >= 4 is 36.2 Å². The van der Waals surface area contributed by atoms with E-state index in [1.807, 2.05) is 40.1 Å². The Labute approximate surface area is 183 Å². The highest BCUT2D eigenvalue weighted by molar-refractivity contribution is 5.85. The molecule has 3 aliphatic rings. The van der Waals surface area contributed by atoms with Crippen molar-refractivity contribution in [1.82, 2.24) is 20.0 Å². The summed E-state index contributed by atoms with van der Waals surface area (Å²) in [5, 5.41) is 3.10. The van der Waals surface area contributed by atoms with Crippen molar-refractivity contribution in [3.63, 3.8) is 0 Å². The zero-order chi connectivity index (χ0) is 20.4. The number of carbonyl (C=O) groups is 3. The van der Waals surface area contributed by atoms with Crippen LogP contribution in [0.5, 0.6) is 0 Å². The van der Waals surface area contributed by atoms with E-state index in [2.05, 4.69) is 5.32 Å². The standard InChI is InChI=1S/C22H28N4O3.ClH/c1-16(27)25-11-8-17-5-2-3-7-19(17)20(25)13-21(28)24-10-4-6-18(15-24)26-12-9-23-14-22(26)29;/h2-3,5,7-8,11,18,20,23H,4,6,9-10,12-15H2,1H3;1H. The minimum absolute atomic E-state index is 0. The smallest absolute Gasteiger partial charge is 0.236 e. The number of likely N-dealkylation sites (tertiary alicyclic amines) is 1. The molecule has 1 aromatic carbocycles. The molecule has 3 amide bonds. The second-order valence-electron chi connectivity index (χ2n) is 7.99. The number of hydrogen-bond acceptors (Lipinski definition) is 4. The van der Waals surface area contributed by atoms with Gasteiger partial charge in [0.2, 0.25) is 17.7 Å². The largest absolute Gasteiger partial charge is 0.341 e. The lowest BCUT2D eigenvalue weighted by atomic mass is 9.93. The summed E-state index contributed by atoms with van der Waals surface area (Å²) in [7, 11) is 0. The normalized spacial score (nSPS) is 23.6. The number of amides is 3. The van der Waals surface area contributed by atoms with Gasteiger partial charge in [0.15, 0.2) is 0 Å². The number of nitrogens with zero attached hydrogens (tertiary/aromatic N) is 3. The number of hydrogen-bond donors (Lipinski definition) is 1. The molecule has 1 aromatic rings. The third-order valence-corrected chi connectivity index (χ3v) is 6.15.